The van der Waals surface area contributed by atoms with Gasteiger partial charge in [0.05, 0.1) is 18.8 Å². The van der Waals surface area contributed by atoms with Crippen LogP contribution in [0.3, 0.4) is 0 Å². The van der Waals surface area contributed by atoms with Gasteiger partial charge in [-0.15, -0.1) is 0 Å². The fraction of sp³-hybridized carbons (Fsp3) is 0.478. The molecule has 2 saturated heterocycles. The highest BCUT2D eigenvalue weighted by Gasteiger charge is 2.57. The molecule has 4 rings (SSSR count). The van der Waals surface area contributed by atoms with Crippen molar-refractivity contribution >= 4 is 18.7 Å². The quantitative estimate of drug-likeness (QED) is 0.805. The van der Waals surface area contributed by atoms with E-state index >= 15 is 0 Å². The van der Waals surface area contributed by atoms with Gasteiger partial charge in [0.1, 0.15) is 6.10 Å². The highest BCUT2D eigenvalue weighted by Crippen LogP contribution is 2.41. The number of fused-ring (bicyclic) bond motifs is 2. The predicted octanol–water partition coefficient (Wildman–Crippen LogP) is 2.68. The Hall–Kier alpha value is -1.50. The molecule has 0 radical (unpaired) electrons. The summed E-state index contributed by atoms with van der Waals surface area (Å²) in [6.45, 7) is 9.23. The molecule has 0 amide bonds. The minimum absolute atomic E-state index is 0.0260. The fourth-order valence-electron chi connectivity index (χ4n) is 4.59. The molecule has 2 bridgehead atoms. The van der Waals surface area contributed by atoms with Crippen molar-refractivity contribution in [3.8, 4) is 0 Å². The first-order valence-electron chi connectivity index (χ1n) is 10.1. The van der Waals surface area contributed by atoms with Crippen molar-refractivity contribution in [2.75, 3.05) is 6.61 Å². The Morgan fingerprint density at radius 2 is 1.50 bits per heavy atom. The van der Waals surface area contributed by atoms with E-state index in [4.69, 9.17) is 13.9 Å². The zero-order valence-electron chi connectivity index (χ0n) is 17.0. The lowest BCUT2D eigenvalue weighted by Crippen LogP contribution is -2.70. The normalized spacial score (nSPS) is 30.4. The largest absolute Gasteiger partial charge is 0.397 e. The Kier molecular flexibility index (Phi) is 5.23. The van der Waals surface area contributed by atoms with Gasteiger partial charge in [-0.2, -0.15) is 0 Å². The molecule has 0 spiro atoms. The third-order valence-electron chi connectivity index (χ3n) is 6.19. The molecule has 2 fully saturated rings. The lowest BCUT2D eigenvalue weighted by molar-refractivity contribution is -0.204. The van der Waals surface area contributed by atoms with Gasteiger partial charge in [0, 0.05) is 5.92 Å². The van der Waals surface area contributed by atoms with Crippen LogP contribution in [0.15, 0.2) is 60.7 Å². The van der Waals surface area contributed by atoms with Crippen molar-refractivity contribution in [1.82, 2.24) is 0 Å². The summed E-state index contributed by atoms with van der Waals surface area (Å²) in [5.41, 5.74) is 0. The average Bonchev–Trinajstić information content (AvgIpc) is 3.14. The van der Waals surface area contributed by atoms with E-state index in [1.807, 2.05) is 19.1 Å². The zero-order chi connectivity index (χ0) is 19.9. The van der Waals surface area contributed by atoms with Gasteiger partial charge in [-0.25, -0.2) is 0 Å². The molecule has 0 aliphatic carbocycles. The van der Waals surface area contributed by atoms with Crippen molar-refractivity contribution < 1.29 is 19.0 Å². The fourth-order valence-corrected chi connectivity index (χ4v) is 9.26. The summed E-state index contributed by atoms with van der Waals surface area (Å²) in [5, 5.41) is 13.3. The van der Waals surface area contributed by atoms with Gasteiger partial charge >= 0.3 is 0 Å². The molecule has 28 heavy (non-hydrogen) atoms. The third kappa shape index (κ3) is 3.15. The first-order valence-corrected chi connectivity index (χ1v) is 12.0. The number of aliphatic hydroxyl groups is 1. The van der Waals surface area contributed by atoms with Crippen LogP contribution in [0.4, 0.5) is 0 Å². The van der Waals surface area contributed by atoms with Gasteiger partial charge in [0.25, 0.3) is 8.32 Å². The summed E-state index contributed by atoms with van der Waals surface area (Å²) < 4.78 is 19.0. The summed E-state index contributed by atoms with van der Waals surface area (Å²) in [6.07, 6.45) is -1.70. The molecular formula is C23H30O4Si. The molecule has 150 valence electrons. The molecule has 2 aliphatic heterocycles. The summed E-state index contributed by atoms with van der Waals surface area (Å²) >= 11 is 0. The maximum atomic E-state index is 11.1. The van der Waals surface area contributed by atoms with E-state index in [1.165, 1.54) is 10.4 Å². The van der Waals surface area contributed by atoms with Gasteiger partial charge in [-0.3, -0.25) is 0 Å². The maximum Gasteiger partial charge on any atom is 0.261 e. The summed E-state index contributed by atoms with van der Waals surface area (Å²) in [5.74, 6) is -0.0260. The molecule has 2 aromatic carbocycles. The van der Waals surface area contributed by atoms with E-state index in [0.29, 0.717) is 6.61 Å². The van der Waals surface area contributed by atoms with Gasteiger partial charge in [-0.05, 0) is 15.4 Å². The van der Waals surface area contributed by atoms with Crippen LogP contribution in [0.5, 0.6) is 0 Å². The summed E-state index contributed by atoms with van der Waals surface area (Å²) in [4.78, 5) is 0. The van der Waals surface area contributed by atoms with Crippen LogP contribution in [0.2, 0.25) is 5.04 Å². The standard InChI is InChI=1S/C23H30O4Si/c1-16-19-15-25-22(26-19)21(20(16)24)27-28(23(2,3)4,17-11-7-5-8-12-17)18-13-9-6-10-14-18/h5-14,16,19-22,24H,15H2,1-4H3/t16-,19-,20+,21-,22-/m1/s1. The molecule has 2 aliphatic rings. The van der Waals surface area contributed by atoms with Crippen LogP contribution in [0, 0.1) is 5.92 Å². The average molecular weight is 399 g/mol. The van der Waals surface area contributed by atoms with Crippen molar-refractivity contribution in [3.63, 3.8) is 0 Å². The van der Waals surface area contributed by atoms with E-state index in [2.05, 4.69) is 69.3 Å². The first-order chi connectivity index (χ1) is 13.3. The van der Waals surface area contributed by atoms with Crippen LogP contribution >= 0.6 is 0 Å². The minimum Gasteiger partial charge on any atom is -0.397 e. The molecule has 0 aromatic heterocycles. The van der Waals surface area contributed by atoms with E-state index in [1.54, 1.807) is 0 Å². The summed E-state index contributed by atoms with van der Waals surface area (Å²) in [7, 11) is -2.77. The van der Waals surface area contributed by atoms with Crippen molar-refractivity contribution in [3.05, 3.63) is 60.7 Å². The number of hydrogen-bond donors (Lipinski definition) is 1. The van der Waals surface area contributed by atoms with Gasteiger partial charge < -0.3 is 19.0 Å². The predicted molar refractivity (Wildman–Crippen MR) is 112 cm³/mol. The van der Waals surface area contributed by atoms with Crippen molar-refractivity contribution in [2.45, 2.75) is 57.3 Å². The Morgan fingerprint density at radius 3 is 2.00 bits per heavy atom. The Balaban J connectivity index is 1.86. The molecule has 1 N–H and O–H groups in total. The second kappa shape index (κ2) is 7.39. The van der Waals surface area contributed by atoms with Crippen LogP contribution in [-0.2, 0) is 13.9 Å². The number of ether oxygens (including phenoxy) is 2. The van der Waals surface area contributed by atoms with Gasteiger partial charge in [0.15, 0.2) is 6.29 Å². The minimum atomic E-state index is -2.77. The van der Waals surface area contributed by atoms with Crippen LogP contribution in [-0.4, -0.2) is 44.6 Å². The smallest absolute Gasteiger partial charge is 0.261 e. The Labute approximate surface area is 168 Å². The molecular weight excluding hydrogens is 368 g/mol. The second-order valence-corrected chi connectivity index (χ2v) is 13.2. The van der Waals surface area contributed by atoms with E-state index in [9.17, 15) is 5.11 Å². The molecule has 4 nitrogen and oxygen atoms in total. The lowest BCUT2D eigenvalue weighted by Gasteiger charge is -2.48. The second-order valence-electron chi connectivity index (χ2n) is 8.97. The summed E-state index contributed by atoms with van der Waals surface area (Å²) in [6, 6.07) is 20.9. The van der Waals surface area contributed by atoms with Crippen molar-refractivity contribution in [2.24, 2.45) is 5.92 Å². The molecule has 0 unspecified atom stereocenters. The van der Waals surface area contributed by atoms with Crippen LogP contribution in [0.25, 0.3) is 0 Å². The first kappa shape index (κ1) is 19.8. The maximum absolute atomic E-state index is 11.1. The molecule has 2 aromatic rings. The number of rotatable bonds is 4. The SMILES string of the molecule is C[C@H]1[C@H](O)[C@@H](O[Si](c2ccccc2)(c2ccccc2)C(C)(C)C)[C@@H]2OC[C@H]1O2. The zero-order valence-corrected chi connectivity index (χ0v) is 18.0. The van der Waals surface area contributed by atoms with Gasteiger partial charge in [0.2, 0.25) is 0 Å². The van der Waals surface area contributed by atoms with Crippen LogP contribution < -0.4 is 10.4 Å². The van der Waals surface area contributed by atoms with E-state index in [0.717, 1.165) is 0 Å². The van der Waals surface area contributed by atoms with E-state index in [-0.39, 0.29) is 17.1 Å². The number of benzene rings is 2. The topological polar surface area (TPSA) is 47.9 Å². The van der Waals surface area contributed by atoms with Gasteiger partial charge in [-0.1, -0.05) is 88.4 Å². The van der Waals surface area contributed by atoms with Crippen LogP contribution in [0.1, 0.15) is 27.7 Å². The molecule has 0 saturated carbocycles. The molecule has 5 atom stereocenters. The Morgan fingerprint density at radius 1 is 0.964 bits per heavy atom. The highest BCUT2D eigenvalue weighted by molar-refractivity contribution is 6.99. The number of aliphatic hydroxyl groups excluding tert-OH is 1. The van der Waals surface area contributed by atoms with Crippen molar-refractivity contribution in [1.29, 1.82) is 0 Å². The third-order valence-corrected chi connectivity index (χ3v) is 11.2. The highest BCUT2D eigenvalue weighted by atomic mass is 28.4. The Bertz CT molecular complexity index is 750. The monoisotopic (exact) mass is 398 g/mol. The number of hydrogen-bond acceptors (Lipinski definition) is 4. The van der Waals surface area contributed by atoms with E-state index < -0.39 is 26.8 Å². The lowest BCUT2D eigenvalue weighted by atomic mass is 9.93. The molecule has 5 heteroatoms. The molecule has 2 heterocycles.